The fourth-order valence-corrected chi connectivity index (χ4v) is 11.5. The molecule has 1 heteroatoms. The summed E-state index contributed by atoms with van der Waals surface area (Å²) in [6.07, 6.45) is 8.10. The van der Waals surface area contributed by atoms with Crippen molar-refractivity contribution >= 4 is 44.2 Å². The summed E-state index contributed by atoms with van der Waals surface area (Å²) in [7, 11) is 0. The fraction of sp³-hybridized carbons (Fsp3) is 0.143. The van der Waals surface area contributed by atoms with E-state index >= 15 is 0 Å². The van der Waals surface area contributed by atoms with Gasteiger partial charge in [-0.1, -0.05) is 279 Å². The van der Waals surface area contributed by atoms with Gasteiger partial charge in [-0.15, -0.1) is 0 Å². The standard InChI is InChI=1S/C77H67N/c1-52-35-37-57(38-36-52)67-45-41-59(49-72(67)56-23-12-9-13-24-56)53-39-43-64(44-40-53)78(74-50-60(42-46-68(74)55-21-10-8-11-22-55)66-31-18-26-54-25-14-15-29-65(54)66)73-34-17-16-30-70(73)71-33-20-28-58-27-19-32-69(75(58)71)61-47-62(76(2,3)4)51-63(48-61)77(5,6)7/h8-35,37-52H,36H2,1-7H3. The number of rotatable bonds is 10. The van der Waals surface area contributed by atoms with E-state index in [2.05, 4.69) is 314 Å². The van der Waals surface area contributed by atoms with Crippen LogP contribution in [0.2, 0.25) is 0 Å². The van der Waals surface area contributed by atoms with E-state index in [1.165, 1.54) is 82.8 Å². The summed E-state index contributed by atoms with van der Waals surface area (Å²) in [5.74, 6) is 0.547. The molecular formula is C77H67N. The summed E-state index contributed by atoms with van der Waals surface area (Å²) in [5, 5.41) is 4.91. The van der Waals surface area contributed by atoms with Crippen molar-refractivity contribution in [2.24, 2.45) is 5.92 Å². The van der Waals surface area contributed by atoms with E-state index in [0.29, 0.717) is 5.92 Å². The smallest absolute Gasteiger partial charge is 0.0546 e. The lowest BCUT2D eigenvalue weighted by Gasteiger charge is -2.31. The quantitative estimate of drug-likeness (QED) is 0.132. The zero-order chi connectivity index (χ0) is 53.5. The van der Waals surface area contributed by atoms with Crippen molar-refractivity contribution in [2.75, 3.05) is 4.90 Å². The predicted molar refractivity (Wildman–Crippen MR) is 337 cm³/mol. The van der Waals surface area contributed by atoms with Gasteiger partial charge in [-0.25, -0.2) is 0 Å². The van der Waals surface area contributed by atoms with E-state index in [1.54, 1.807) is 0 Å². The van der Waals surface area contributed by atoms with Crippen LogP contribution in [0.25, 0.3) is 93.9 Å². The molecule has 0 fully saturated rings. The third-order valence-electron chi connectivity index (χ3n) is 15.9. The summed E-state index contributed by atoms with van der Waals surface area (Å²) in [6.45, 7) is 16.3. The van der Waals surface area contributed by atoms with Gasteiger partial charge in [-0.05, 0) is 153 Å². The Morgan fingerprint density at radius 1 is 0.359 bits per heavy atom. The number of anilines is 3. The minimum absolute atomic E-state index is 0.0278. The summed E-state index contributed by atoms with van der Waals surface area (Å²) in [5.41, 5.74) is 22.7. The third kappa shape index (κ3) is 9.82. The number of benzene rings is 11. The van der Waals surface area contributed by atoms with Crippen LogP contribution < -0.4 is 4.90 Å². The Bertz CT molecular complexity index is 4020. The maximum atomic E-state index is 2.52. The molecule has 0 aromatic heterocycles. The van der Waals surface area contributed by atoms with Crippen LogP contribution in [-0.4, -0.2) is 0 Å². The molecule has 11 aromatic rings. The van der Waals surface area contributed by atoms with Crippen LogP contribution in [0.5, 0.6) is 0 Å². The lowest BCUT2D eigenvalue weighted by molar-refractivity contribution is 0.569. The Balaban J connectivity index is 1.09. The van der Waals surface area contributed by atoms with Crippen LogP contribution in [0, 0.1) is 5.92 Å². The van der Waals surface area contributed by atoms with Crippen LogP contribution in [0.4, 0.5) is 17.1 Å². The van der Waals surface area contributed by atoms with Crippen molar-refractivity contribution in [1.29, 1.82) is 0 Å². The lowest BCUT2D eigenvalue weighted by Crippen LogP contribution is -2.16. The highest BCUT2D eigenvalue weighted by Gasteiger charge is 2.26. The SMILES string of the molecule is CC1C=CC(c2ccc(-c3ccc(N(c4cc(-c5cccc6ccccc56)ccc4-c4ccccc4)c4ccccc4-c4cccc5cccc(-c6cc(C(C)(C)C)cc(C(C)(C)C)c6)c45)cc3)cc2-c2ccccc2)=CC1. The minimum Gasteiger partial charge on any atom is -0.309 e. The molecule has 380 valence electrons. The molecule has 0 aliphatic heterocycles. The molecule has 12 rings (SSSR count). The molecule has 0 radical (unpaired) electrons. The molecule has 11 aromatic carbocycles. The van der Waals surface area contributed by atoms with E-state index in [-0.39, 0.29) is 10.8 Å². The third-order valence-corrected chi connectivity index (χ3v) is 15.9. The van der Waals surface area contributed by atoms with Gasteiger partial charge >= 0.3 is 0 Å². The average molecular weight is 1010 g/mol. The van der Waals surface area contributed by atoms with Crippen LogP contribution in [0.3, 0.4) is 0 Å². The Hall–Kier alpha value is -8.78. The van der Waals surface area contributed by atoms with Crippen molar-refractivity contribution in [3.05, 3.63) is 278 Å². The molecule has 1 atom stereocenters. The molecule has 0 heterocycles. The van der Waals surface area contributed by atoms with Crippen LogP contribution in [0.15, 0.2) is 261 Å². The molecule has 1 aliphatic rings. The second-order valence-corrected chi connectivity index (χ2v) is 23.4. The second kappa shape index (κ2) is 20.6. The largest absolute Gasteiger partial charge is 0.309 e. The number of fused-ring (bicyclic) bond motifs is 2. The first-order valence-electron chi connectivity index (χ1n) is 27.8. The van der Waals surface area contributed by atoms with E-state index in [0.717, 1.165) is 51.3 Å². The first kappa shape index (κ1) is 50.1. The van der Waals surface area contributed by atoms with Gasteiger partial charge in [0.05, 0.1) is 11.4 Å². The number of nitrogens with zero attached hydrogens (tertiary/aromatic N) is 1. The van der Waals surface area contributed by atoms with Gasteiger partial charge in [0.15, 0.2) is 0 Å². The molecular weight excluding hydrogens is 939 g/mol. The van der Waals surface area contributed by atoms with Crippen molar-refractivity contribution in [3.63, 3.8) is 0 Å². The number of para-hydroxylation sites is 1. The van der Waals surface area contributed by atoms with Crippen LogP contribution in [-0.2, 0) is 10.8 Å². The highest BCUT2D eigenvalue weighted by Crippen LogP contribution is 2.49. The van der Waals surface area contributed by atoms with Gasteiger partial charge < -0.3 is 4.90 Å². The first-order chi connectivity index (χ1) is 37.9. The van der Waals surface area contributed by atoms with Gasteiger partial charge in [0.2, 0.25) is 0 Å². The molecule has 1 aliphatic carbocycles. The lowest BCUT2D eigenvalue weighted by atomic mass is 9.78. The summed E-state index contributed by atoms with van der Waals surface area (Å²) < 4.78 is 0. The van der Waals surface area contributed by atoms with Crippen LogP contribution >= 0.6 is 0 Å². The predicted octanol–water partition coefficient (Wildman–Crippen LogP) is 22.0. The maximum Gasteiger partial charge on any atom is 0.0546 e. The van der Waals surface area contributed by atoms with Crippen molar-refractivity contribution in [3.8, 4) is 66.8 Å². The van der Waals surface area contributed by atoms with Crippen molar-refractivity contribution in [1.82, 2.24) is 0 Å². The molecule has 0 N–H and O–H groups in total. The van der Waals surface area contributed by atoms with E-state index in [1.807, 2.05) is 0 Å². The second-order valence-electron chi connectivity index (χ2n) is 23.4. The topological polar surface area (TPSA) is 3.24 Å². The molecule has 1 unspecified atom stereocenters. The van der Waals surface area contributed by atoms with Gasteiger partial charge in [0, 0.05) is 16.8 Å². The monoisotopic (exact) mass is 1010 g/mol. The van der Waals surface area contributed by atoms with Crippen molar-refractivity contribution < 1.29 is 0 Å². The van der Waals surface area contributed by atoms with E-state index in [4.69, 9.17) is 0 Å². The van der Waals surface area contributed by atoms with Gasteiger partial charge in [-0.3, -0.25) is 0 Å². The fourth-order valence-electron chi connectivity index (χ4n) is 11.5. The number of hydrogen-bond donors (Lipinski definition) is 0. The first-order valence-corrected chi connectivity index (χ1v) is 27.8. The highest BCUT2D eigenvalue weighted by atomic mass is 15.1. The molecule has 0 amide bonds. The Kier molecular flexibility index (Phi) is 13.2. The molecule has 0 saturated carbocycles. The van der Waals surface area contributed by atoms with E-state index in [9.17, 15) is 0 Å². The molecule has 0 spiro atoms. The molecule has 0 bridgehead atoms. The normalized spacial score (nSPS) is 13.7. The zero-order valence-electron chi connectivity index (χ0n) is 46.1. The molecule has 1 nitrogen and oxygen atoms in total. The Morgan fingerprint density at radius 2 is 0.910 bits per heavy atom. The average Bonchev–Trinajstić information content (AvgIpc) is 3.66. The molecule has 0 saturated heterocycles. The summed E-state index contributed by atoms with van der Waals surface area (Å²) in [6, 6.07) is 90.6. The molecule has 78 heavy (non-hydrogen) atoms. The summed E-state index contributed by atoms with van der Waals surface area (Å²) >= 11 is 0. The van der Waals surface area contributed by atoms with E-state index < -0.39 is 0 Å². The Morgan fingerprint density at radius 3 is 1.59 bits per heavy atom. The van der Waals surface area contributed by atoms with Crippen LogP contribution in [0.1, 0.15) is 71.6 Å². The van der Waals surface area contributed by atoms with Gasteiger partial charge in [-0.2, -0.15) is 0 Å². The minimum atomic E-state index is -0.0278. The highest BCUT2D eigenvalue weighted by molar-refractivity contribution is 6.10. The maximum absolute atomic E-state index is 2.52. The number of allylic oxidation sites excluding steroid dienone is 4. The van der Waals surface area contributed by atoms with Gasteiger partial charge in [0.25, 0.3) is 0 Å². The van der Waals surface area contributed by atoms with Crippen molar-refractivity contribution in [2.45, 2.75) is 65.7 Å². The van der Waals surface area contributed by atoms with Gasteiger partial charge in [0.1, 0.15) is 0 Å². The summed E-state index contributed by atoms with van der Waals surface area (Å²) in [4.78, 5) is 2.52. The number of hydrogen-bond acceptors (Lipinski definition) is 1. The Labute approximate surface area is 462 Å². The zero-order valence-corrected chi connectivity index (χ0v) is 46.1.